The van der Waals surface area contributed by atoms with E-state index in [0.717, 1.165) is 28.4 Å². The third-order valence-electron chi connectivity index (χ3n) is 4.05. The van der Waals surface area contributed by atoms with Crippen LogP contribution in [0.1, 0.15) is 31.1 Å². The number of para-hydroxylation sites is 1. The summed E-state index contributed by atoms with van der Waals surface area (Å²) in [6, 6.07) is 6.46. The molecule has 4 heteroatoms. The number of nitrogens with zero attached hydrogens (tertiary/aromatic N) is 3. The number of imidazole rings is 1. The van der Waals surface area contributed by atoms with Gasteiger partial charge in [0.15, 0.2) is 0 Å². The van der Waals surface area contributed by atoms with Crippen LogP contribution in [0.3, 0.4) is 0 Å². The Morgan fingerprint density at radius 2 is 2.16 bits per heavy atom. The van der Waals surface area contributed by atoms with Crippen LogP contribution in [0.5, 0.6) is 0 Å². The SMILES string of the molecule is Cc1nc2cccc(Cl)c2n1[C@H]1CCCCN(C)C1. The van der Waals surface area contributed by atoms with Crippen molar-refractivity contribution >= 4 is 22.6 Å². The molecular formula is C15H20ClN3. The fraction of sp³-hybridized carbons (Fsp3) is 0.533. The third-order valence-corrected chi connectivity index (χ3v) is 4.36. The Labute approximate surface area is 119 Å². The van der Waals surface area contributed by atoms with Gasteiger partial charge in [-0.25, -0.2) is 4.98 Å². The van der Waals surface area contributed by atoms with Gasteiger partial charge in [-0.2, -0.15) is 0 Å². The molecule has 19 heavy (non-hydrogen) atoms. The van der Waals surface area contributed by atoms with Gasteiger partial charge in [0.1, 0.15) is 5.82 Å². The predicted octanol–water partition coefficient (Wildman–Crippen LogP) is 3.65. The molecule has 1 atom stereocenters. The molecule has 0 radical (unpaired) electrons. The first kappa shape index (κ1) is 12.9. The largest absolute Gasteiger partial charge is 0.323 e. The summed E-state index contributed by atoms with van der Waals surface area (Å²) in [4.78, 5) is 7.08. The molecule has 0 saturated carbocycles. The summed E-state index contributed by atoms with van der Waals surface area (Å²) in [5.41, 5.74) is 2.11. The maximum absolute atomic E-state index is 6.40. The fourth-order valence-corrected chi connectivity index (χ4v) is 3.44. The van der Waals surface area contributed by atoms with Gasteiger partial charge in [-0.15, -0.1) is 0 Å². The van der Waals surface area contributed by atoms with Gasteiger partial charge in [0.25, 0.3) is 0 Å². The van der Waals surface area contributed by atoms with E-state index in [-0.39, 0.29) is 0 Å². The summed E-state index contributed by atoms with van der Waals surface area (Å²) in [5, 5.41) is 0.810. The normalized spacial score (nSPS) is 21.7. The van der Waals surface area contributed by atoms with Crippen LogP contribution < -0.4 is 0 Å². The van der Waals surface area contributed by atoms with Gasteiger partial charge >= 0.3 is 0 Å². The number of aromatic nitrogens is 2. The summed E-state index contributed by atoms with van der Waals surface area (Å²) >= 11 is 6.40. The second-order valence-corrected chi connectivity index (χ2v) is 5.96. The lowest BCUT2D eigenvalue weighted by Crippen LogP contribution is -2.26. The van der Waals surface area contributed by atoms with Crippen LogP contribution in [0.4, 0.5) is 0 Å². The predicted molar refractivity (Wildman–Crippen MR) is 79.9 cm³/mol. The molecule has 2 heterocycles. The van der Waals surface area contributed by atoms with E-state index in [9.17, 15) is 0 Å². The molecule has 1 aromatic carbocycles. The van der Waals surface area contributed by atoms with Gasteiger partial charge in [0.2, 0.25) is 0 Å². The zero-order valence-electron chi connectivity index (χ0n) is 11.6. The second kappa shape index (κ2) is 5.14. The van der Waals surface area contributed by atoms with Crippen LogP contribution in [-0.2, 0) is 0 Å². The van der Waals surface area contributed by atoms with E-state index < -0.39 is 0 Å². The first-order valence-electron chi connectivity index (χ1n) is 6.98. The minimum absolute atomic E-state index is 0.484. The summed E-state index contributed by atoms with van der Waals surface area (Å²) < 4.78 is 2.35. The van der Waals surface area contributed by atoms with E-state index in [4.69, 9.17) is 11.6 Å². The Morgan fingerprint density at radius 1 is 1.32 bits per heavy atom. The summed E-state index contributed by atoms with van der Waals surface area (Å²) in [6.45, 7) is 4.36. The first-order chi connectivity index (χ1) is 9.16. The van der Waals surface area contributed by atoms with Crippen LogP contribution in [-0.4, -0.2) is 34.6 Å². The minimum Gasteiger partial charge on any atom is -0.323 e. The van der Waals surface area contributed by atoms with Gasteiger partial charge in [0, 0.05) is 12.6 Å². The van der Waals surface area contributed by atoms with E-state index in [1.54, 1.807) is 0 Å². The quantitative estimate of drug-likeness (QED) is 0.793. The number of benzene rings is 1. The number of hydrogen-bond acceptors (Lipinski definition) is 2. The fourth-order valence-electron chi connectivity index (χ4n) is 3.18. The highest BCUT2D eigenvalue weighted by Crippen LogP contribution is 2.31. The Bertz CT molecular complexity index is 590. The van der Waals surface area contributed by atoms with E-state index in [1.807, 2.05) is 18.2 Å². The number of rotatable bonds is 1. The van der Waals surface area contributed by atoms with Crippen molar-refractivity contribution in [2.75, 3.05) is 20.1 Å². The Hall–Kier alpha value is -1.06. The highest BCUT2D eigenvalue weighted by molar-refractivity contribution is 6.35. The second-order valence-electron chi connectivity index (χ2n) is 5.55. The standard InChI is InChI=1S/C15H20ClN3/c1-11-17-14-8-5-7-13(16)15(14)19(11)12-6-3-4-9-18(2)10-12/h5,7-8,12H,3-4,6,9-10H2,1-2H3/t12-/m0/s1. The van der Waals surface area contributed by atoms with Crippen molar-refractivity contribution in [2.45, 2.75) is 32.2 Å². The Balaban J connectivity index is 2.10. The molecule has 0 spiro atoms. The summed E-state index contributed by atoms with van der Waals surface area (Å²) in [7, 11) is 2.20. The van der Waals surface area contributed by atoms with Gasteiger partial charge in [-0.3, -0.25) is 0 Å². The zero-order valence-corrected chi connectivity index (χ0v) is 12.3. The van der Waals surface area contributed by atoms with Gasteiger partial charge < -0.3 is 9.47 Å². The number of likely N-dealkylation sites (tertiary alicyclic amines) is 1. The average Bonchev–Trinajstić information content (AvgIpc) is 2.56. The first-order valence-corrected chi connectivity index (χ1v) is 7.36. The number of hydrogen-bond donors (Lipinski definition) is 0. The molecule has 0 bridgehead atoms. The van der Waals surface area contributed by atoms with Crippen LogP contribution in [0.2, 0.25) is 5.02 Å². The lowest BCUT2D eigenvalue weighted by Gasteiger charge is -2.23. The molecule has 1 aromatic heterocycles. The molecule has 1 aliphatic rings. The van der Waals surface area contributed by atoms with E-state index in [1.165, 1.54) is 25.8 Å². The molecule has 2 aromatic rings. The topological polar surface area (TPSA) is 21.1 Å². The van der Waals surface area contributed by atoms with Gasteiger partial charge in [0.05, 0.1) is 16.1 Å². The molecule has 3 nitrogen and oxygen atoms in total. The molecule has 3 rings (SSSR count). The molecule has 0 unspecified atom stereocenters. The summed E-state index contributed by atoms with van der Waals surface area (Å²) in [6.07, 6.45) is 3.77. The molecule has 1 fully saturated rings. The van der Waals surface area contributed by atoms with Crippen molar-refractivity contribution in [3.05, 3.63) is 29.0 Å². The molecule has 0 aliphatic carbocycles. The molecule has 0 amide bonds. The van der Waals surface area contributed by atoms with Crippen molar-refractivity contribution in [2.24, 2.45) is 0 Å². The van der Waals surface area contributed by atoms with Gasteiger partial charge in [-0.1, -0.05) is 24.1 Å². The molecule has 0 N–H and O–H groups in total. The van der Waals surface area contributed by atoms with Crippen molar-refractivity contribution in [1.82, 2.24) is 14.5 Å². The molecule has 1 saturated heterocycles. The smallest absolute Gasteiger partial charge is 0.107 e. The van der Waals surface area contributed by atoms with Crippen LogP contribution in [0.15, 0.2) is 18.2 Å². The third kappa shape index (κ3) is 2.37. The molecule has 102 valence electrons. The van der Waals surface area contributed by atoms with Crippen molar-refractivity contribution < 1.29 is 0 Å². The van der Waals surface area contributed by atoms with E-state index in [0.29, 0.717) is 6.04 Å². The maximum Gasteiger partial charge on any atom is 0.107 e. The van der Waals surface area contributed by atoms with Crippen LogP contribution in [0, 0.1) is 6.92 Å². The number of fused-ring (bicyclic) bond motifs is 1. The maximum atomic E-state index is 6.40. The molecular weight excluding hydrogens is 258 g/mol. The number of aryl methyl sites for hydroxylation is 1. The van der Waals surface area contributed by atoms with E-state index >= 15 is 0 Å². The Kier molecular flexibility index (Phi) is 3.50. The zero-order chi connectivity index (χ0) is 13.4. The highest BCUT2D eigenvalue weighted by Gasteiger charge is 2.22. The lowest BCUT2D eigenvalue weighted by molar-refractivity contribution is 0.299. The highest BCUT2D eigenvalue weighted by atomic mass is 35.5. The van der Waals surface area contributed by atoms with Crippen molar-refractivity contribution in [3.8, 4) is 0 Å². The van der Waals surface area contributed by atoms with E-state index in [2.05, 4.69) is 28.4 Å². The van der Waals surface area contributed by atoms with Crippen LogP contribution in [0.25, 0.3) is 11.0 Å². The van der Waals surface area contributed by atoms with Crippen molar-refractivity contribution in [3.63, 3.8) is 0 Å². The van der Waals surface area contributed by atoms with Crippen LogP contribution >= 0.6 is 11.6 Å². The molecule has 1 aliphatic heterocycles. The van der Waals surface area contributed by atoms with Crippen molar-refractivity contribution in [1.29, 1.82) is 0 Å². The lowest BCUT2D eigenvalue weighted by atomic mass is 10.1. The summed E-state index contributed by atoms with van der Waals surface area (Å²) in [5.74, 6) is 1.07. The average molecular weight is 278 g/mol. The number of likely N-dealkylation sites (N-methyl/N-ethyl adjacent to an activating group) is 1. The minimum atomic E-state index is 0.484. The number of halogens is 1. The Morgan fingerprint density at radius 3 is 3.00 bits per heavy atom. The van der Waals surface area contributed by atoms with Gasteiger partial charge in [-0.05, 0) is 45.5 Å². The monoisotopic (exact) mass is 277 g/mol.